The first-order valence-corrected chi connectivity index (χ1v) is 13.6. The Labute approximate surface area is 246 Å². The predicted octanol–water partition coefficient (Wildman–Crippen LogP) is 5.68. The van der Waals surface area contributed by atoms with Crippen molar-refractivity contribution in [1.29, 1.82) is 5.26 Å². The molecule has 14 heteroatoms. The van der Waals surface area contributed by atoms with Crippen LogP contribution in [0.15, 0.2) is 40.6 Å². The molecular formula is C28H21ClF2N6O4S. The monoisotopic (exact) mass is 610 g/mol. The molecule has 0 bridgehead atoms. The number of ether oxygens (including phenoxy) is 1. The van der Waals surface area contributed by atoms with E-state index in [4.69, 9.17) is 16.3 Å². The van der Waals surface area contributed by atoms with Gasteiger partial charge >= 0.3 is 5.97 Å². The van der Waals surface area contributed by atoms with Gasteiger partial charge in [0, 0.05) is 41.3 Å². The van der Waals surface area contributed by atoms with E-state index in [2.05, 4.69) is 15.0 Å². The highest BCUT2D eigenvalue weighted by atomic mass is 35.5. The number of halogens is 3. The molecule has 5 aromatic rings. The summed E-state index contributed by atoms with van der Waals surface area (Å²) in [6.45, 7) is 1.21. The zero-order valence-electron chi connectivity index (χ0n) is 22.4. The molecule has 0 aliphatic rings. The van der Waals surface area contributed by atoms with Crippen molar-refractivity contribution in [2.45, 2.75) is 19.9 Å². The number of carboxylic acids is 1. The van der Waals surface area contributed by atoms with Crippen molar-refractivity contribution < 1.29 is 23.4 Å². The molecule has 4 heterocycles. The second kappa shape index (κ2) is 11.3. The maximum Gasteiger partial charge on any atom is 0.338 e. The minimum atomic E-state index is -3.08. The van der Waals surface area contributed by atoms with Crippen molar-refractivity contribution in [3.05, 3.63) is 73.9 Å². The molecule has 0 radical (unpaired) electrons. The van der Waals surface area contributed by atoms with Crippen LogP contribution < -0.4 is 15.2 Å². The zero-order chi connectivity index (χ0) is 30.3. The smallest absolute Gasteiger partial charge is 0.338 e. The van der Waals surface area contributed by atoms with Gasteiger partial charge in [-0.15, -0.1) is 11.3 Å². The fraction of sp³-hybridized carbons (Fsp3) is 0.214. The summed E-state index contributed by atoms with van der Waals surface area (Å²) in [5.41, 5.74) is 1.13. The summed E-state index contributed by atoms with van der Waals surface area (Å²) in [5, 5.41) is 21.1. The Kier molecular flexibility index (Phi) is 7.77. The van der Waals surface area contributed by atoms with Crippen molar-refractivity contribution in [2.75, 3.05) is 25.6 Å². The van der Waals surface area contributed by atoms with Gasteiger partial charge in [0.25, 0.3) is 12.0 Å². The Balaban J connectivity index is 1.56. The summed E-state index contributed by atoms with van der Waals surface area (Å²) in [4.78, 5) is 39.2. The molecule has 0 saturated carbocycles. The highest BCUT2D eigenvalue weighted by Gasteiger charge is 2.24. The van der Waals surface area contributed by atoms with E-state index in [1.807, 2.05) is 6.07 Å². The summed E-state index contributed by atoms with van der Waals surface area (Å²) in [6, 6.07) is 8.56. The fourth-order valence-corrected chi connectivity index (χ4v) is 5.80. The lowest BCUT2D eigenvalue weighted by atomic mass is 10.0. The number of aryl methyl sites for hydroxylation is 1. The first-order valence-electron chi connectivity index (χ1n) is 12.4. The van der Waals surface area contributed by atoms with Gasteiger partial charge in [-0.3, -0.25) is 14.3 Å². The molecule has 0 saturated heterocycles. The van der Waals surface area contributed by atoms with Crippen molar-refractivity contribution in [3.63, 3.8) is 0 Å². The van der Waals surface area contributed by atoms with Crippen molar-refractivity contribution in [2.24, 2.45) is 0 Å². The molecule has 0 amide bonds. The Bertz CT molecular complexity index is 1990. The molecule has 10 nitrogen and oxygen atoms in total. The number of benzene rings is 1. The molecular weight excluding hydrogens is 590 g/mol. The summed E-state index contributed by atoms with van der Waals surface area (Å²) in [7, 11) is 3.28. The number of aromatic nitrogens is 4. The quantitative estimate of drug-likeness (QED) is 0.235. The fourth-order valence-electron chi connectivity index (χ4n) is 4.62. The van der Waals surface area contributed by atoms with Crippen LogP contribution in [-0.4, -0.2) is 51.3 Å². The molecule has 0 aliphatic carbocycles. The molecule has 0 unspecified atom stereocenters. The molecule has 4 aromatic heterocycles. The third-order valence-corrected chi connectivity index (χ3v) is 7.66. The van der Waals surface area contributed by atoms with E-state index in [-0.39, 0.29) is 41.0 Å². The van der Waals surface area contributed by atoms with Crippen molar-refractivity contribution >= 4 is 55.8 Å². The van der Waals surface area contributed by atoms with E-state index in [1.54, 1.807) is 50.2 Å². The van der Waals surface area contributed by atoms with Crippen LogP contribution in [0.4, 0.5) is 14.6 Å². The number of carbonyl (C=O) groups is 1. The highest BCUT2D eigenvalue weighted by molar-refractivity contribution is 7.18. The third kappa shape index (κ3) is 5.10. The van der Waals surface area contributed by atoms with Crippen molar-refractivity contribution in [3.8, 4) is 22.9 Å². The summed E-state index contributed by atoms with van der Waals surface area (Å²) in [5.74, 6) is -1.35. The average Bonchev–Trinajstić information content (AvgIpc) is 3.37. The number of rotatable bonds is 8. The van der Waals surface area contributed by atoms with E-state index < -0.39 is 23.8 Å². The van der Waals surface area contributed by atoms with Crippen LogP contribution in [0.5, 0.6) is 5.75 Å². The van der Waals surface area contributed by atoms with Crippen LogP contribution in [-0.2, 0) is 6.54 Å². The van der Waals surface area contributed by atoms with Crippen LogP contribution in [0.25, 0.3) is 32.2 Å². The number of carboxylic acid groups (broad SMARTS) is 1. The number of hydrogen-bond donors (Lipinski definition) is 1. The molecule has 214 valence electrons. The van der Waals surface area contributed by atoms with Crippen LogP contribution in [0.3, 0.4) is 0 Å². The number of anilines is 1. The normalized spacial score (nSPS) is 11.3. The van der Waals surface area contributed by atoms with Gasteiger partial charge in [-0.25, -0.2) is 23.5 Å². The molecule has 0 spiro atoms. The van der Waals surface area contributed by atoms with Gasteiger partial charge in [0.1, 0.15) is 29.8 Å². The lowest BCUT2D eigenvalue weighted by Crippen LogP contribution is -2.29. The second-order valence-corrected chi connectivity index (χ2v) is 10.7. The van der Waals surface area contributed by atoms with Gasteiger partial charge in [-0.1, -0.05) is 11.6 Å². The van der Waals surface area contributed by atoms with E-state index in [0.717, 1.165) is 4.57 Å². The molecule has 0 fully saturated rings. The van der Waals surface area contributed by atoms with E-state index in [1.165, 1.54) is 22.9 Å². The minimum Gasteiger partial charge on any atom is -0.491 e. The first-order chi connectivity index (χ1) is 20.0. The SMILES string of the molecule is Cc1cc(-c2cc(Cl)ccc2OCCn2c(C(F)F)nc3cnc(N(C)C)c(C#N)c3c2=O)c2scc(C(=O)O)c2n1. The van der Waals surface area contributed by atoms with Crippen LogP contribution in [0.1, 0.15) is 33.9 Å². The number of fused-ring (bicyclic) bond motifs is 2. The Morgan fingerprint density at radius 2 is 2.02 bits per heavy atom. The van der Waals surface area contributed by atoms with Crippen molar-refractivity contribution in [1.82, 2.24) is 19.5 Å². The molecule has 1 N–H and O–H groups in total. The standard InChI is InChI=1S/C28H21ClF2N6O4S/c1-13-8-16(23-22(34-13)18(12-42-23)28(39)40)15-9-14(29)4-5-20(15)41-7-6-37-26(24(30)31)35-19-11-33-25(36(2)3)17(10-32)21(19)27(37)38/h4-5,8-9,11-12,24H,6-7H2,1-3H3,(H,39,40). The highest BCUT2D eigenvalue weighted by Crippen LogP contribution is 2.40. The Morgan fingerprint density at radius 3 is 2.69 bits per heavy atom. The lowest BCUT2D eigenvalue weighted by molar-refractivity contribution is 0.0699. The topological polar surface area (TPSA) is 134 Å². The zero-order valence-corrected chi connectivity index (χ0v) is 23.9. The molecule has 5 rings (SSSR count). The van der Waals surface area contributed by atoms with Gasteiger partial charge in [-0.05, 0) is 31.2 Å². The van der Waals surface area contributed by atoms with E-state index in [0.29, 0.717) is 37.8 Å². The number of pyridine rings is 2. The largest absolute Gasteiger partial charge is 0.491 e. The second-order valence-electron chi connectivity index (χ2n) is 9.38. The number of alkyl halides is 2. The van der Waals surface area contributed by atoms with Gasteiger partial charge in [0.2, 0.25) is 0 Å². The van der Waals surface area contributed by atoms with Gasteiger partial charge < -0.3 is 14.7 Å². The number of aromatic carboxylic acids is 1. The summed E-state index contributed by atoms with van der Waals surface area (Å²) < 4.78 is 35.5. The molecule has 42 heavy (non-hydrogen) atoms. The van der Waals surface area contributed by atoms with Gasteiger partial charge in [0.15, 0.2) is 5.82 Å². The molecule has 0 atom stereocenters. The molecule has 0 aliphatic heterocycles. The molecule has 1 aromatic carbocycles. The summed E-state index contributed by atoms with van der Waals surface area (Å²) in [6.07, 6.45) is -1.89. The minimum absolute atomic E-state index is 0.0662. The number of hydrogen-bond acceptors (Lipinski definition) is 9. The number of nitrogens with zero attached hydrogens (tertiary/aromatic N) is 6. The maximum absolute atomic E-state index is 14.0. The van der Waals surface area contributed by atoms with Gasteiger partial charge in [-0.2, -0.15) is 5.26 Å². The van der Waals surface area contributed by atoms with Crippen LogP contribution in [0, 0.1) is 18.3 Å². The Hall–Kier alpha value is -4.67. The lowest BCUT2D eigenvalue weighted by Gasteiger charge is -2.17. The third-order valence-electron chi connectivity index (χ3n) is 6.43. The van der Waals surface area contributed by atoms with E-state index in [9.17, 15) is 28.7 Å². The average molecular weight is 611 g/mol. The van der Waals surface area contributed by atoms with Crippen LogP contribution in [0.2, 0.25) is 5.02 Å². The number of nitriles is 1. The first kappa shape index (κ1) is 28.8. The van der Waals surface area contributed by atoms with Crippen LogP contribution >= 0.6 is 22.9 Å². The number of thiophene rings is 1. The summed E-state index contributed by atoms with van der Waals surface area (Å²) >= 11 is 7.51. The van der Waals surface area contributed by atoms with Gasteiger partial charge in [0.05, 0.1) is 39.4 Å². The Morgan fingerprint density at radius 1 is 1.26 bits per heavy atom. The van der Waals surface area contributed by atoms with E-state index >= 15 is 0 Å². The maximum atomic E-state index is 14.0. The predicted molar refractivity (Wildman–Crippen MR) is 155 cm³/mol.